The molecule has 4 unspecified atom stereocenters. The highest BCUT2D eigenvalue weighted by Gasteiger charge is 2.31. The predicted molar refractivity (Wildman–Crippen MR) is 79.7 cm³/mol. The molecule has 0 saturated heterocycles. The van der Waals surface area contributed by atoms with Gasteiger partial charge < -0.3 is 5.32 Å². The summed E-state index contributed by atoms with van der Waals surface area (Å²) in [5.74, 6) is 3.99. The Kier molecular flexibility index (Phi) is 5.54. The number of hydrogen-bond donors (Lipinski definition) is 1. The molecule has 2 aliphatic carbocycles. The fourth-order valence-electron chi connectivity index (χ4n) is 3.67. The Balaban J connectivity index is 1.68. The van der Waals surface area contributed by atoms with Gasteiger partial charge >= 0.3 is 0 Å². The lowest BCUT2D eigenvalue weighted by Crippen LogP contribution is -2.32. The molecule has 2 saturated carbocycles. The summed E-state index contributed by atoms with van der Waals surface area (Å²) in [6.07, 6.45) is 11.6. The van der Waals surface area contributed by atoms with Crippen LogP contribution in [0.3, 0.4) is 0 Å². The molecule has 2 fully saturated rings. The average Bonchev–Trinajstić information content (AvgIpc) is 3.18. The van der Waals surface area contributed by atoms with Crippen molar-refractivity contribution >= 4 is 0 Å². The van der Waals surface area contributed by atoms with Crippen molar-refractivity contribution in [1.29, 1.82) is 0 Å². The van der Waals surface area contributed by atoms with Gasteiger partial charge in [0.2, 0.25) is 0 Å². The third-order valence-electron chi connectivity index (χ3n) is 5.44. The molecule has 0 aliphatic heterocycles. The van der Waals surface area contributed by atoms with E-state index in [4.69, 9.17) is 0 Å². The van der Waals surface area contributed by atoms with Gasteiger partial charge in [-0.25, -0.2) is 0 Å². The zero-order valence-corrected chi connectivity index (χ0v) is 12.8. The third-order valence-corrected chi connectivity index (χ3v) is 5.44. The minimum atomic E-state index is 0.847. The van der Waals surface area contributed by atoms with Gasteiger partial charge in [-0.05, 0) is 68.7 Å². The zero-order valence-electron chi connectivity index (χ0n) is 12.8. The minimum Gasteiger partial charge on any atom is -0.314 e. The van der Waals surface area contributed by atoms with E-state index in [0.717, 1.165) is 29.7 Å². The van der Waals surface area contributed by atoms with E-state index < -0.39 is 0 Å². The van der Waals surface area contributed by atoms with Crippen molar-refractivity contribution < 1.29 is 0 Å². The minimum absolute atomic E-state index is 0.847. The van der Waals surface area contributed by atoms with Gasteiger partial charge in [0, 0.05) is 6.04 Å². The van der Waals surface area contributed by atoms with Crippen molar-refractivity contribution in [2.45, 2.75) is 78.2 Å². The molecule has 0 amide bonds. The van der Waals surface area contributed by atoms with Gasteiger partial charge in [0.05, 0.1) is 0 Å². The summed E-state index contributed by atoms with van der Waals surface area (Å²) in [5, 5.41) is 3.79. The largest absolute Gasteiger partial charge is 0.314 e. The third kappa shape index (κ3) is 4.26. The quantitative estimate of drug-likeness (QED) is 0.696. The smallest absolute Gasteiger partial charge is 0.00954 e. The Morgan fingerprint density at radius 1 is 1.06 bits per heavy atom. The summed E-state index contributed by atoms with van der Waals surface area (Å²) in [5.41, 5.74) is 0. The monoisotopic (exact) mass is 251 g/mol. The number of nitrogens with one attached hydrogen (secondary N) is 1. The van der Waals surface area contributed by atoms with Crippen LogP contribution in [-0.4, -0.2) is 12.6 Å². The fraction of sp³-hybridized carbons (Fsp3) is 1.00. The van der Waals surface area contributed by atoms with Crippen molar-refractivity contribution in [1.82, 2.24) is 5.32 Å². The van der Waals surface area contributed by atoms with Crippen molar-refractivity contribution in [3.63, 3.8) is 0 Å². The van der Waals surface area contributed by atoms with Crippen LogP contribution in [0.25, 0.3) is 0 Å². The highest BCUT2D eigenvalue weighted by Crippen LogP contribution is 2.38. The SMILES string of the molecule is CCCNC(CCC1CCC(C)C(C)C1)C1CC1. The van der Waals surface area contributed by atoms with Gasteiger partial charge in [-0.3, -0.25) is 0 Å². The molecule has 0 aromatic heterocycles. The lowest BCUT2D eigenvalue weighted by molar-refractivity contribution is 0.192. The second kappa shape index (κ2) is 6.93. The van der Waals surface area contributed by atoms with Crippen LogP contribution in [0.4, 0.5) is 0 Å². The van der Waals surface area contributed by atoms with Crippen molar-refractivity contribution in [3.05, 3.63) is 0 Å². The van der Waals surface area contributed by atoms with Crippen LogP contribution >= 0.6 is 0 Å². The van der Waals surface area contributed by atoms with Gasteiger partial charge in [0.15, 0.2) is 0 Å². The zero-order chi connectivity index (χ0) is 13.0. The Hall–Kier alpha value is -0.0400. The molecule has 0 aromatic rings. The summed E-state index contributed by atoms with van der Waals surface area (Å²) in [6, 6.07) is 0.847. The number of hydrogen-bond acceptors (Lipinski definition) is 1. The lowest BCUT2D eigenvalue weighted by atomic mass is 9.74. The summed E-state index contributed by atoms with van der Waals surface area (Å²) < 4.78 is 0. The van der Waals surface area contributed by atoms with E-state index >= 15 is 0 Å². The van der Waals surface area contributed by atoms with Crippen LogP contribution < -0.4 is 5.32 Å². The molecular weight excluding hydrogens is 218 g/mol. The van der Waals surface area contributed by atoms with E-state index in [1.54, 1.807) is 0 Å². The van der Waals surface area contributed by atoms with Crippen LogP contribution in [0.1, 0.15) is 72.1 Å². The Morgan fingerprint density at radius 3 is 2.44 bits per heavy atom. The maximum atomic E-state index is 3.79. The maximum absolute atomic E-state index is 3.79. The van der Waals surface area contributed by atoms with Crippen molar-refractivity contribution in [2.24, 2.45) is 23.7 Å². The Labute approximate surface area is 114 Å². The summed E-state index contributed by atoms with van der Waals surface area (Å²) in [4.78, 5) is 0. The Bertz CT molecular complexity index is 234. The molecule has 0 bridgehead atoms. The molecular formula is C17H33N. The predicted octanol–water partition coefficient (Wildman–Crippen LogP) is 4.62. The van der Waals surface area contributed by atoms with Crippen molar-refractivity contribution in [2.75, 3.05) is 6.54 Å². The molecule has 1 nitrogen and oxygen atoms in total. The maximum Gasteiger partial charge on any atom is 0.00954 e. The fourth-order valence-corrected chi connectivity index (χ4v) is 3.67. The molecule has 2 rings (SSSR count). The topological polar surface area (TPSA) is 12.0 Å². The second-order valence-electron chi connectivity index (χ2n) is 7.11. The molecule has 0 heterocycles. The normalized spacial score (nSPS) is 34.5. The van der Waals surface area contributed by atoms with E-state index in [9.17, 15) is 0 Å². The second-order valence-corrected chi connectivity index (χ2v) is 7.11. The van der Waals surface area contributed by atoms with Gasteiger partial charge in [-0.2, -0.15) is 0 Å². The molecule has 1 N–H and O–H groups in total. The first-order valence-corrected chi connectivity index (χ1v) is 8.44. The standard InChI is InChI=1S/C17H33N/c1-4-11-18-17(16-8-9-16)10-7-15-6-5-13(2)14(3)12-15/h13-18H,4-12H2,1-3H3. The highest BCUT2D eigenvalue weighted by molar-refractivity contribution is 4.87. The van der Waals surface area contributed by atoms with Gasteiger partial charge in [0.1, 0.15) is 0 Å². The van der Waals surface area contributed by atoms with Crippen LogP contribution in [0, 0.1) is 23.7 Å². The van der Waals surface area contributed by atoms with Gasteiger partial charge in [-0.15, -0.1) is 0 Å². The molecule has 2 aliphatic rings. The van der Waals surface area contributed by atoms with Crippen molar-refractivity contribution in [3.8, 4) is 0 Å². The van der Waals surface area contributed by atoms with Crippen LogP contribution in [0.15, 0.2) is 0 Å². The van der Waals surface area contributed by atoms with Gasteiger partial charge in [0.25, 0.3) is 0 Å². The number of rotatable bonds is 7. The molecule has 1 heteroatoms. The van der Waals surface area contributed by atoms with Crippen LogP contribution in [0.5, 0.6) is 0 Å². The highest BCUT2D eigenvalue weighted by atomic mass is 14.9. The van der Waals surface area contributed by atoms with Gasteiger partial charge in [-0.1, -0.05) is 33.6 Å². The first kappa shape index (κ1) is 14.4. The first-order chi connectivity index (χ1) is 8.70. The summed E-state index contributed by atoms with van der Waals surface area (Å²) in [7, 11) is 0. The molecule has 0 spiro atoms. The Morgan fingerprint density at radius 2 is 1.83 bits per heavy atom. The molecule has 0 aromatic carbocycles. The summed E-state index contributed by atoms with van der Waals surface area (Å²) in [6.45, 7) is 8.40. The lowest BCUT2D eigenvalue weighted by Gasteiger charge is -2.33. The average molecular weight is 251 g/mol. The van der Waals surface area contributed by atoms with E-state index in [0.29, 0.717) is 0 Å². The summed E-state index contributed by atoms with van der Waals surface area (Å²) >= 11 is 0. The van der Waals surface area contributed by atoms with E-state index in [-0.39, 0.29) is 0 Å². The molecule has 18 heavy (non-hydrogen) atoms. The van der Waals surface area contributed by atoms with Crippen LogP contribution in [0.2, 0.25) is 0 Å². The van der Waals surface area contributed by atoms with E-state index in [2.05, 4.69) is 26.1 Å². The van der Waals surface area contributed by atoms with E-state index in [1.807, 2.05) is 0 Å². The molecule has 4 atom stereocenters. The first-order valence-electron chi connectivity index (χ1n) is 8.44. The molecule has 106 valence electrons. The van der Waals surface area contributed by atoms with Crippen LogP contribution in [-0.2, 0) is 0 Å². The molecule has 0 radical (unpaired) electrons. The van der Waals surface area contributed by atoms with E-state index in [1.165, 1.54) is 57.9 Å².